The minimum absolute atomic E-state index is 0.0446. The molecule has 0 fully saturated rings. The summed E-state index contributed by atoms with van der Waals surface area (Å²) in [7, 11) is 0. The zero-order chi connectivity index (χ0) is 24.2. The summed E-state index contributed by atoms with van der Waals surface area (Å²) in [6.45, 7) is 0. The molecule has 3 N–H and O–H groups in total. The highest BCUT2D eigenvalue weighted by Gasteiger charge is 2.10. The van der Waals surface area contributed by atoms with Gasteiger partial charge in [0.2, 0.25) is 16.9 Å². The van der Waals surface area contributed by atoms with E-state index in [1.54, 1.807) is 30.5 Å². The number of anilines is 2. The fourth-order valence-corrected chi connectivity index (χ4v) is 3.78. The molecule has 0 aromatic carbocycles. The maximum Gasteiger partial charge on any atom is 0.303 e. The molecular weight excluding hydrogens is 458 g/mol. The number of carbonyl (C=O) groups excluding carboxylic acids is 2. The Labute approximate surface area is 200 Å². The molecule has 0 saturated heterocycles. The second-order valence-corrected chi connectivity index (χ2v) is 8.52. The van der Waals surface area contributed by atoms with Crippen molar-refractivity contribution in [2.75, 3.05) is 10.6 Å². The van der Waals surface area contributed by atoms with E-state index in [2.05, 4.69) is 36.0 Å². The Hall–Kier alpha value is -3.80. The van der Waals surface area contributed by atoms with Crippen molar-refractivity contribution >= 4 is 40.1 Å². The molecule has 3 heterocycles. The third-order valence-electron chi connectivity index (χ3n) is 4.64. The van der Waals surface area contributed by atoms with E-state index in [4.69, 9.17) is 5.11 Å². The van der Waals surface area contributed by atoms with Gasteiger partial charge in [0.25, 0.3) is 0 Å². The predicted octanol–water partition coefficient (Wildman–Crippen LogP) is 2.66. The minimum atomic E-state index is -0.924. The number of amides is 2. The lowest BCUT2D eigenvalue weighted by molar-refractivity contribution is -0.137. The summed E-state index contributed by atoms with van der Waals surface area (Å²) in [5.41, 5.74) is 1.50. The molecule has 0 saturated carbocycles. The highest BCUT2D eigenvalue weighted by atomic mass is 32.1. The number of rotatable bonds is 13. The molecule has 0 radical (unpaired) electrons. The van der Waals surface area contributed by atoms with Crippen molar-refractivity contribution < 1.29 is 19.5 Å². The first-order chi connectivity index (χ1) is 16.5. The van der Waals surface area contributed by atoms with Crippen molar-refractivity contribution in [1.82, 2.24) is 25.4 Å². The van der Waals surface area contributed by atoms with Gasteiger partial charge in [-0.3, -0.25) is 19.4 Å². The molecule has 0 aliphatic carbocycles. The van der Waals surface area contributed by atoms with Gasteiger partial charge < -0.3 is 15.7 Å². The van der Waals surface area contributed by atoms with Crippen molar-refractivity contribution in [3.05, 3.63) is 52.9 Å². The first-order valence-corrected chi connectivity index (χ1v) is 11.7. The maximum absolute atomic E-state index is 12.1. The summed E-state index contributed by atoms with van der Waals surface area (Å²) >= 11 is 1.36. The van der Waals surface area contributed by atoms with E-state index in [0.29, 0.717) is 16.6 Å². The molecule has 0 aliphatic rings. The van der Waals surface area contributed by atoms with E-state index in [-0.39, 0.29) is 37.5 Å². The van der Waals surface area contributed by atoms with Crippen LogP contribution in [-0.4, -0.2) is 48.3 Å². The highest BCUT2D eigenvalue weighted by Crippen LogP contribution is 2.18. The van der Waals surface area contributed by atoms with Crippen LogP contribution in [0.3, 0.4) is 0 Å². The van der Waals surface area contributed by atoms with E-state index >= 15 is 0 Å². The smallest absolute Gasteiger partial charge is 0.303 e. The number of carboxylic acid groups (broad SMARTS) is 1. The lowest BCUT2D eigenvalue weighted by Crippen LogP contribution is -2.14. The summed E-state index contributed by atoms with van der Waals surface area (Å²) in [5.74, 6) is -1.05. The van der Waals surface area contributed by atoms with Crippen molar-refractivity contribution in [1.29, 1.82) is 0 Å². The molecule has 0 unspecified atom stereocenters. The van der Waals surface area contributed by atoms with Crippen LogP contribution >= 0.6 is 11.3 Å². The second-order valence-electron chi connectivity index (χ2n) is 7.46. The van der Waals surface area contributed by atoms with Gasteiger partial charge >= 0.3 is 5.97 Å². The number of carboxylic acids is 1. The van der Waals surface area contributed by atoms with E-state index in [0.717, 1.165) is 36.4 Å². The Balaban J connectivity index is 1.33. The first kappa shape index (κ1) is 24.8. The topological polar surface area (TPSA) is 160 Å². The van der Waals surface area contributed by atoms with Crippen LogP contribution in [0.4, 0.5) is 10.9 Å². The SMILES string of the molecule is O=C(O)CCCC(=O)Nc1ccc(CCCCc2nnc(NC(=O)Cc3ccccn3)s2)nn1. The molecule has 11 nitrogen and oxygen atoms in total. The normalized spacial score (nSPS) is 10.6. The summed E-state index contributed by atoms with van der Waals surface area (Å²) in [5, 5.41) is 31.6. The molecule has 0 bridgehead atoms. The molecule has 3 aromatic rings. The maximum atomic E-state index is 12.1. The van der Waals surface area contributed by atoms with Gasteiger partial charge in [-0.05, 0) is 49.9 Å². The van der Waals surface area contributed by atoms with Crippen LogP contribution < -0.4 is 10.6 Å². The second kappa shape index (κ2) is 13.0. The molecule has 3 aromatic heterocycles. The first-order valence-electron chi connectivity index (χ1n) is 10.8. The summed E-state index contributed by atoms with van der Waals surface area (Å²) < 4.78 is 0. The predicted molar refractivity (Wildman–Crippen MR) is 125 cm³/mol. The summed E-state index contributed by atoms with van der Waals surface area (Å²) in [6.07, 6.45) is 5.41. The van der Waals surface area contributed by atoms with Gasteiger partial charge in [-0.25, -0.2) is 0 Å². The van der Waals surface area contributed by atoms with Crippen molar-refractivity contribution in [3.8, 4) is 0 Å². The van der Waals surface area contributed by atoms with E-state index in [9.17, 15) is 14.4 Å². The Morgan fingerprint density at radius 1 is 0.824 bits per heavy atom. The van der Waals surface area contributed by atoms with Crippen molar-refractivity contribution in [3.63, 3.8) is 0 Å². The lowest BCUT2D eigenvalue weighted by atomic mass is 10.1. The van der Waals surface area contributed by atoms with Crippen LogP contribution in [0.15, 0.2) is 36.5 Å². The number of nitrogens with one attached hydrogen (secondary N) is 2. The van der Waals surface area contributed by atoms with E-state index < -0.39 is 5.97 Å². The zero-order valence-corrected chi connectivity index (χ0v) is 19.3. The average molecular weight is 484 g/mol. The molecule has 0 spiro atoms. The standard InChI is InChI=1S/C22H25N7O4S/c30-18(8-5-10-21(32)33)24-17-12-11-15(26-27-17)6-1-2-9-20-28-29-22(34-20)25-19(31)14-16-7-3-4-13-23-16/h3-4,7,11-13H,1-2,5-6,8-10,14H2,(H,32,33)(H,24,27,30)(H,25,29,31). The Morgan fingerprint density at radius 3 is 2.41 bits per heavy atom. The molecule has 0 atom stereocenters. The molecule has 34 heavy (non-hydrogen) atoms. The van der Waals surface area contributed by atoms with Crippen molar-refractivity contribution in [2.45, 2.75) is 51.4 Å². The third kappa shape index (κ3) is 8.98. The van der Waals surface area contributed by atoms with E-state index in [1.807, 2.05) is 6.07 Å². The number of hydrogen-bond acceptors (Lipinski definition) is 9. The molecule has 12 heteroatoms. The van der Waals surface area contributed by atoms with Crippen LogP contribution in [0.1, 0.15) is 48.5 Å². The monoisotopic (exact) mass is 483 g/mol. The lowest BCUT2D eigenvalue weighted by Gasteiger charge is -2.04. The molecule has 3 rings (SSSR count). The van der Waals surface area contributed by atoms with Crippen LogP contribution in [-0.2, 0) is 33.6 Å². The number of nitrogens with zero attached hydrogens (tertiary/aromatic N) is 5. The van der Waals surface area contributed by atoms with Crippen molar-refractivity contribution in [2.24, 2.45) is 0 Å². The molecule has 2 amide bonds. The molecular formula is C22H25N7O4S. The van der Waals surface area contributed by atoms with Crippen LogP contribution in [0.2, 0.25) is 0 Å². The number of aromatic nitrogens is 5. The fourth-order valence-electron chi connectivity index (χ4n) is 2.98. The average Bonchev–Trinajstić information content (AvgIpc) is 3.25. The molecule has 178 valence electrons. The number of aryl methyl sites for hydroxylation is 2. The van der Waals surface area contributed by atoms with Gasteiger partial charge in [0.05, 0.1) is 12.1 Å². The van der Waals surface area contributed by atoms with Gasteiger partial charge in [0.15, 0.2) is 5.82 Å². The minimum Gasteiger partial charge on any atom is -0.481 e. The Morgan fingerprint density at radius 2 is 1.68 bits per heavy atom. The van der Waals surface area contributed by atoms with Crippen LogP contribution in [0.25, 0.3) is 0 Å². The van der Waals surface area contributed by atoms with Crippen LogP contribution in [0.5, 0.6) is 0 Å². The van der Waals surface area contributed by atoms with Gasteiger partial charge in [-0.15, -0.1) is 15.3 Å². The van der Waals surface area contributed by atoms with E-state index in [1.165, 1.54) is 11.3 Å². The highest BCUT2D eigenvalue weighted by molar-refractivity contribution is 7.15. The summed E-state index contributed by atoms with van der Waals surface area (Å²) in [4.78, 5) is 38.5. The number of pyridine rings is 1. The number of carbonyl (C=O) groups is 3. The fraction of sp³-hybridized carbons (Fsp3) is 0.364. The quantitative estimate of drug-likeness (QED) is 0.310. The third-order valence-corrected chi connectivity index (χ3v) is 5.53. The molecule has 0 aliphatic heterocycles. The largest absolute Gasteiger partial charge is 0.481 e. The number of aliphatic carboxylic acids is 1. The van der Waals surface area contributed by atoms with Gasteiger partial charge in [0, 0.05) is 31.2 Å². The zero-order valence-electron chi connectivity index (χ0n) is 18.4. The number of unbranched alkanes of at least 4 members (excludes halogenated alkanes) is 1. The Kier molecular flexibility index (Phi) is 9.52. The van der Waals surface area contributed by atoms with Gasteiger partial charge in [-0.1, -0.05) is 17.4 Å². The Bertz CT molecular complexity index is 1090. The van der Waals surface area contributed by atoms with Crippen LogP contribution in [0, 0.1) is 0 Å². The van der Waals surface area contributed by atoms with Gasteiger partial charge in [0.1, 0.15) is 5.01 Å². The summed E-state index contributed by atoms with van der Waals surface area (Å²) in [6, 6.07) is 8.92. The number of hydrogen-bond donors (Lipinski definition) is 3. The van der Waals surface area contributed by atoms with Gasteiger partial charge in [-0.2, -0.15) is 5.10 Å².